The molecule has 2 heterocycles. The van der Waals surface area contributed by atoms with Crippen molar-refractivity contribution < 1.29 is 9.72 Å². The first-order valence-electron chi connectivity index (χ1n) is 8.03. The molecule has 3 N–H and O–H groups in total. The van der Waals surface area contributed by atoms with Crippen molar-refractivity contribution in [3.63, 3.8) is 0 Å². The van der Waals surface area contributed by atoms with Crippen LogP contribution < -0.4 is 11.1 Å². The maximum absolute atomic E-state index is 12.4. The number of nitro groups is 1. The molecule has 0 bridgehead atoms. The fourth-order valence-electron chi connectivity index (χ4n) is 2.96. The summed E-state index contributed by atoms with van der Waals surface area (Å²) in [6.07, 6.45) is 1.42. The third-order valence-corrected chi connectivity index (χ3v) is 4.56. The third kappa shape index (κ3) is 3.69. The van der Waals surface area contributed by atoms with Crippen molar-refractivity contribution in [3.05, 3.63) is 39.2 Å². The van der Waals surface area contributed by atoms with Crippen LogP contribution in [0.4, 0.5) is 22.1 Å². The number of benzene rings is 1. The minimum absolute atomic E-state index is 0.0245. The summed E-state index contributed by atoms with van der Waals surface area (Å²) < 4.78 is 1.71. The second-order valence-corrected chi connectivity index (χ2v) is 6.44. The van der Waals surface area contributed by atoms with Gasteiger partial charge >= 0.3 is 6.03 Å². The lowest BCUT2D eigenvalue weighted by molar-refractivity contribution is -0.384. The van der Waals surface area contributed by atoms with Gasteiger partial charge < -0.3 is 16.0 Å². The van der Waals surface area contributed by atoms with Gasteiger partial charge in [-0.05, 0) is 31.9 Å². The normalized spacial score (nSPS) is 15.1. The van der Waals surface area contributed by atoms with E-state index in [1.807, 2.05) is 0 Å². The Balaban J connectivity index is 1.59. The van der Waals surface area contributed by atoms with Crippen molar-refractivity contribution in [1.82, 2.24) is 19.7 Å². The van der Waals surface area contributed by atoms with Gasteiger partial charge in [-0.2, -0.15) is 10.1 Å². The van der Waals surface area contributed by atoms with Gasteiger partial charge in [-0.1, -0.05) is 11.6 Å². The van der Waals surface area contributed by atoms with Crippen LogP contribution in [0.3, 0.4) is 0 Å². The number of nitrogen functional groups attached to an aromatic ring is 1. The number of hydrogen-bond donors (Lipinski definition) is 2. The van der Waals surface area contributed by atoms with Crippen LogP contribution in [0.1, 0.15) is 24.7 Å². The Kier molecular flexibility index (Phi) is 4.94. The minimum atomic E-state index is -0.573. The van der Waals surface area contributed by atoms with Crippen molar-refractivity contribution in [2.75, 3.05) is 24.1 Å². The van der Waals surface area contributed by atoms with Crippen LogP contribution in [0, 0.1) is 17.0 Å². The predicted octanol–water partition coefficient (Wildman–Crippen LogP) is 2.60. The van der Waals surface area contributed by atoms with Gasteiger partial charge in [0.15, 0.2) is 0 Å². The molecule has 2 amide bonds. The molecule has 0 spiro atoms. The first kappa shape index (κ1) is 17.9. The summed E-state index contributed by atoms with van der Waals surface area (Å²) in [6, 6.07) is 3.90. The number of likely N-dealkylation sites (tertiary alicyclic amines) is 1. The molecule has 1 aliphatic heterocycles. The molecular weight excluding hydrogens is 362 g/mol. The van der Waals surface area contributed by atoms with Crippen LogP contribution >= 0.6 is 11.6 Å². The number of piperidine rings is 1. The molecule has 0 aliphatic carbocycles. The number of aryl methyl sites for hydroxylation is 1. The van der Waals surface area contributed by atoms with E-state index in [1.54, 1.807) is 16.5 Å². The molecule has 3 rings (SSSR count). The number of halogens is 1. The van der Waals surface area contributed by atoms with Crippen LogP contribution in [0.15, 0.2) is 18.2 Å². The highest BCUT2D eigenvalue weighted by Gasteiger charge is 2.26. The largest absolute Gasteiger partial charge is 0.368 e. The lowest BCUT2D eigenvalue weighted by Gasteiger charge is -2.32. The van der Waals surface area contributed by atoms with Crippen molar-refractivity contribution in [2.24, 2.45) is 0 Å². The molecule has 0 atom stereocenters. The van der Waals surface area contributed by atoms with Gasteiger partial charge in [0.2, 0.25) is 5.95 Å². The maximum atomic E-state index is 12.4. The second kappa shape index (κ2) is 7.16. The summed E-state index contributed by atoms with van der Waals surface area (Å²) in [5, 5.41) is 17.8. The molecule has 1 saturated heterocycles. The van der Waals surface area contributed by atoms with E-state index >= 15 is 0 Å². The quantitative estimate of drug-likeness (QED) is 0.622. The first-order valence-corrected chi connectivity index (χ1v) is 8.41. The van der Waals surface area contributed by atoms with Gasteiger partial charge in [-0.3, -0.25) is 10.1 Å². The van der Waals surface area contributed by atoms with E-state index in [4.69, 9.17) is 17.3 Å². The number of rotatable bonds is 3. The molecule has 0 unspecified atom stereocenters. The number of hydrogen-bond acceptors (Lipinski definition) is 6. The summed E-state index contributed by atoms with van der Waals surface area (Å²) >= 11 is 5.86. The lowest BCUT2D eigenvalue weighted by Crippen LogP contribution is -2.41. The molecular formula is C15H18ClN7O3. The average Bonchev–Trinajstić information content (AvgIpc) is 2.93. The SMILES string of the molecule is Cc1nc(N)n(C2CCN(C(=O)Nc3ccc([N+](=O)[O-])c(Cl)c3)CC2)n1. The second-order valence-electron chi connectivity index (χ2n) is 6.03. The minimum Gasteiger partial charge on any atom is -0.368 e. The van der Waals surface area contributed by atoms with E-state index < -0.39 is 4.92 Å². The van der Waals surface area contributed by atoms with Crippen LogP contribution in [-0.2, 0) is 0 Å². The van der Waals surface area contributed by atoms with Crippen molar-refractivity contribution in [1.29, 1.82) is 0 Å². The number of carbonyl (C=O) groups is 1. The number of urea groups is 1. The van der Waals surface area contributed by atoms with Crippen molar-refractivity contribution in [3.8, 4) is 0 Å². The smallest absolute Gasteiger partial charge is 0.321 e. The molecule has 1 aliphatic rings. The van der Waals surface area contributed by atoms with Crippen LogP contribution in [0.5, 0.6) is 0 Å². The fraction of sp³-hybridized carbons (Fsp3) is 0.400. The van der Waals surface area contributed by atoms with Crippen molar-refractivity contribution in [2.45, 2.75) is 25.8 Å². The van der Waals surface area contributed by atoms with Gasteiger partial charge in [0.1, 0.15) is 10.8 Å². The van der Waals surface area contributed by atoms with Gasteiger partial charge in [0.25, 0.3) is 5.69 Å². The summed E-state index contributed by atoms with van der Waals surface area (Å²) in [4.78, 5) is 28.4. The zero-order chi connectivity index (χ0) is 18.8. The van der Waals surface area contributed by atoms with Crippen LogP contribution in [0.25, 0.3) is 0 Å². The number of nitrogens with one attached hydrogen (secondary N) is 1. The molecule has 1 aromatic heterocycles. The third-order valence-electron chi connectivity index (χ3n) is 4.26. The van der Waals surface area contributed by atoms with E-state index in [-0.39, 0.29) is 22.8 Å². The molecule has 0 radical (unpaired) electrons. The van der Waals surface area contributed by atoms with Crippen molar-refractivity contribution >= 4 is 35.0 Å². The number of anilines is 2. The van der Waals surface area contributed by atoms with Crippen LogP contribution in [0.2, 0.25) is 5.02 Å². The summed E-state index contributed by atoms with van der Waals surface area (Å²) in [7, 11) is 0. The van der Waals surface area contributed by atoms with Gasteiger partial charge in [0, 0.05) is 24.8 Å². The Bertz CT molecular complexity index is 846. The number of aromatic nitrogens is 3. The number of nitrogens with zero attached hydrogens (tertiary/aromatic N) is 5. The highest BCUT2D eigenvalue weighted by atomic mass is 35.5. The van der Waals surface area contributed by atoms with Gasteiger partial charge in [0.05, 0.1) is 11.0 Å². The lowest BCUT2D eigenvalue weighted by atomic mass is 10.1. The number of nitrogens with two attached hydrogens (primary N) is 1. The summed E-state index contributed by atoms with van der Waals surface area (Å²) in [5.74, 6) is 1.00. The number of amides is 2. The molecule has 26 heavy (non-hydrogen) atoms. The molecule has 1 aromatic carbocycles. The van der Waals surface area contributed by atoms with E-state index in [0.29, 0.717) is 43.4 Å². The molecule has 1 fully saturated rings. The first-order chi connectivity index (χ1) is 12.3. The monoisotopic (exact) mass is 379 g/mol. The molecule has 0 saturated carbocycles. The molecule has 11 heteroatoms. The summed E-state index contributed by atoms with van der Waals surface area (Å²) in [5.41, 5.74) is 6.06. The highest BCUT2D eigenvalue weighted by Crippen LogP contribution is 2.28. The van der Waals surface area contributed by atoms with E-state index in [1.165, 1.54) is 18.2 Å². The summed E-state index contributed by atoms with van der Waals surface area (Å²) in [6.45, 7) is 2.86. The Labute approximate surface area is 154 Å². The topological polar surface area (TPSA) is 132 Å². The zero-order valence-corrected chi connectivity index (χ0v) is 14.8. The molecule has 10 nitrogen and oxygen atoms in total. The zero-order valence-electron chi connectivity index (χ0n) is 14.1. The average molecular weight is 380 g/mol. The molecule has 2 aromatic rings. The Hall–Kier alpha value is -2.88. The Morgan fingerprint density at radius 2 is 2.12 bits per heavy atom. The Morgan fingerprint density at radius 3 is 2.65 bits per heavy atom. The number of nitro benzene ring substituents is 1. The standard InChI is InChI=1S/C15H18ClN7O3/c1-9-18-14(17)22(20-9)11-4-6-21(7-5-11)15(24)19-10-2-3-13(23(25)26)12(16)8-10/h2-3,8,11H,4-7H2,1H3,(H,19,24)(H2,17,18,20). The Morgan fingerprint density at radius 1 is 1.42 bits per heavy atom. The fourth-order valence-corrected chi connectivity index (χ4v) is 3.21. The van der Waals surface area contributed by atoms with E-state index in [9.17, 15) is 14.9 Å². The van der Waals surface area contributed by atoms with E-state index in [0.717, 1.165) is 0 Å². The number of carbonyl (C=O) groups excluding carboxylic acids is 1. The van der Waals surface area contributed by atoms with Gasteiger partial charge in [-0.25, -0.2) is 9.48 Å². The maximum Gasteiger partial charge on any atom is 0.321 e. The molecule has 138 valence electrons. The highest BCUT2D eigenvalue weighted by molar-refractivity contribution is 6.33. The van der Waals surface area contributed by atoms with Crippen LogP contribution in [-0.4, -0.2) is 43.7 Å². The van der Waals surface area contributed by atoms with E-state index in [2.05, 4.69) is 15.4 Å². The predicted molar refractivity (Wildman–Crippen MR) is 96.1 cm³/mol. The van der Waals surface area contributed by atoms with Gasteiger partial charge in [-0.15, -0.1) is 0 Å².